The molecule has 0 fully saturated rings. The first-order valence-corrected chi connectivity index (χ1v) is 5.30. The van der Waals surface area contributed by atoms with E-state index in [1.165, 1.54) is 5.56 Å². The second-order valence-corrected chi connectivity index (χ2v) is 4.51. The zero-order chi connectivity index (χ0) is 9.42. The summed E-state index contributed by atoms with van der Waals surface area (Å²) in [6.07, 6.45) is 1.69. The van der Waals surface area contributed by atoms with Gasteiger partial charge in [0.2, 0.25) is 0 Å². The predicted octanol–water partition coefficient (Wildman–Crippen LogP) is 3.53. The molecule has 1 aliphatic carbocycles. The monoisotopic (exact) mass is 238 g/mol. The van der Waals surface area contributed by atoms with E-state index in [1.54, 1.807) is 0 Å². The predicted molar refractivity (Wildman–Crippen MR) is 56.1 cm³/mol. The van der Waals surface area contributed by atoms with Crippen LogP contribution in [0.5, 0.6) is 0 Å². The Morgan fingerprint density at radius 3 is 3.00 bits per heavy atom. The van der Waals surface area contributed by atoms with Crippen molar-refractivity contribution >= 4 is 21.7 Å². The van der Waals surface area contributed by atoms with E-state index in [2.05, 4.69) is 28.9 Å². The lowest BCUT2D eigenvalue weighted by atomic mass is 9.83. The minimum atomic E-state index is 0.286. The summed E-state index contributed by atoms with van der Waals surface area (Å²) in [6.45, 7) is 2.18. The van der Waals surface area contributed by atoms with Crippen LogP contribution in [0.3, 0.4) is 0 Å². The van der Waals surface area contributed by atoms with Crippen molar-refractivity contribution in [1.82, 2.24) is 0 Å². The Bertz CT molecular complexity index is 357. The maximum Gasteiger partial charge on any atom is 0.163 e. The van der Waals surface area contributed by atoms with Gasteiger partial charge in [0.05, 0.1) is 0 Å². The van der Waals surface area contributed by atoms with Crippen molar-refractivity contribution in [3.05, 3.63) is 33.8 Å². The van der Waals surface area contributed by atoms with Crippen LogP contribution >= 0.6 is 15.9 Å². The van der Waals surface area contributed by atoms with Crippen LogP contribution in [-0.2, 0) is 0 Å². The molecule has 0 aromatic heterocycles. The normalized spacial score (nSPS) is 21.4. The summed E-state index contributed by atoms with van der Waals surface area (Å²) in [6, 6.07) is 6.00. The van der Waals surface area contributed by atoms with Gasteiger partial charge in [-0.15, -0.1) is 0 Å². The van der Waals surface area contributed by atoms with Crippen molar-refractivity contribution in [2.75, 3.05) is 0 Å². The van der Waals surface area contributed by atoms with Gasteiger partial charge >= 0.3 is 0 Å². The van der Waals surface area contributed by atoms with Crippen molar-refractivity contribution < 1.29 is 4.79 Å². The highest BCUT2D eigenvalue weighted by Gasteiger charge is 2.22. The van der Waals surface area contributed by atoms with Crippen molar-refractivity contribution in [1.29, 1.82) is 0 Å². The van der Waals surface area contributed by atoms with E-state index >= 15 is 0 Å². The van der Waals surface area contributed by atoms with Gasteiger partial charge in [-0.05, 0) is 30.0 Å². The first-order chi connectivity index (χ1) is 6.18. The van der Waals surface area contributed by atoms with E-state index in [-0.39, 0.29) is 5.78 Å². The van der Waals surface area contributed by atoms with Crippen molar-refractivity contribution in [2.45, 2.75) is 25.7 Å². The van der Waals surface area contributed by atoms with Gasteiger partial charge < -0.3 is 0 Å². The molecule has 1 aromatic rings. The van der Waals surface area contributed by atoms with E-state index in [1.807, 2.05) is 12.1 Å². The second-order valence-electron chi connectivity index (χ2n) is 3.59. The van der Waals surface area contributed by atoms with Crippen molar-refractivity contribution in [3.8, 4) is 0 Å². The molecule has 2 rings (SSSR count). The fraction of sp³-hybridized carbons (Fsp3) is 0.364. The Kier molecular flexibility index (Phi) is 2.24. The van der Waals surface area contributed by atoms with Gasteiger partial charge in [0.1, 0.15) is 0 Å². The lowest BCUT2D eigenvalue weighted by molar-refractivity contribution is 0.0968. The number of benzene rings is 1. The molecule has 0 bridgehead atoms. The third-order valence-corrected chi connectivity index (χ3v) is 3.14. The fourth-order valence-corrected chi connectivity index (χ4v) is 2.20. The number of Topliss-reactive ketones (excluding diaryl/α,β-unsaturated/α-hetero) is 1. The molecule has 0 heterocycles. The molecule has 0 N–H and O–H groups in total. The molecule has 0 saturated carbocycles. The molecule has 1 nitrogen and oxygen atoms in total. The molecular weight excluding hydrogens is 228 g/mol. The van der Waals surface area contributed by atoms with Crippen LogP contribution in [0.4, 0.5) is 0 Å². The first-order valence-electron chi connectivity index (χ1n) is 4.51. The summed E-state index contributed by atoms with van der Waals surface area (Å²) >= 11 is 3.39. The number of hydrogen-bond acceptors (Lipinski definition) is 1. The number of hydrogen-bond donors (Lipinski definition) is 0. The maximum atomic E-state index is 11.6. The Hall–Kier alpha value is -0.630. The Labute approximate surface area is 86.3 Å². The van der Waals surface area contributed by atoms with E-state index < -0.39 is 0 Å². The van der Waals surface area contributed by atoms with Crippen molar-refractivity contribution in [3.63, 3.8) is 0 Å². The molecule has 1 unspecified atom stereocenters. The summed E-state index contributed by atoms with van der Waals surface area (Å²) in [5.74, 6) is 0.815. The molecule has 0 amide bonds. The highest BCUT2D eigenvalue weighted by molar-refractivity contribution is 9.10. The summed E-state index contributed by atoms with van der Waals surface area (Å²) in [4.78, 5) is 11.6. The van der Waals surface area contributed by atoms with Crippen LogP contribution in [0.25, 0.3) is 0 Å². The van der Waals surface area contributed by atoms with E-state index in [4.69, 9.17) is 0 Å². The number of fused-ring (bicyclic) bond motifs is 1. The Morgan fingerprint density at radius 1 is 1.46 bits per heavy atom. The molecule has 68 valence electrons. The van der Waals surface area contributed by atoms with E-state index in [0.29, 0.717) is 12.3 Å². The van der Waals surface area contributed by atoms with Gasteiger partial charge in [-0.1, -0.05) is 28.9 Å². The highest BCUT2D eigenvalue weighted by Crippen LogP contribution is 2.32. The van der Waals surface area contributed by atoms with Crippen LogP contribution in [0, 0.1) is 0 Å². The van der Waals surface area contributed by atoms with Gasteiger partial charge in [0.15, 0.2) is 5.78 Å². The zero-order valence-electron chi connectivity index (χ0n) is 7.51. The minimum absolute atomic E-state index is 0.286. The molecule has 1 aromatic carbocycles. The smallest absolute Gasteiger partial charge is 0.163 e. The third kappa shape index (κ3) is 1.55. The van der Waals surface area contributed by atoms with Gasteiger partial charge in [-0.25, -0.2) is 0 Å². The average molecular weight is 239 g/mol. The molecule has 1 aliphatic rings. The number of carbonyl (C=O) groups is 1. The largest absolute Gasteiger partial charge is 0.294 e. The Balaban J connectivity index is 2.57. The lowest BCUT2D eigenvalue weighted by Crippen LogP contribution is -2.13. The molecule has 13 heavy (non-hydrogen) atoms. The quantitative estimate of drug-likeness (QED) is 0.676. The zero-order valence-corrected chi connectivity index (χ0v) is 9.10. The fourth-order valence-electron chi connectivity index (χ4n) is 1.84. The molecule has 0 saturated heterocycles. The number of halogens is 1. The summed E-state index contributed by atoms with van der Waals surface area (Å²) in [5, 5.41) is 0. The van der Waals surface area contributed by atoms with Crippen LogP contribution in [0.2, 0.25) is 0 Å². The molecular formula is C11H11BrO. The van der Waals surface area contributed by atoms with E-state index in [0.717, 1.165) is 16.5 Å². The first kappa shape index (κ1) is 8.95. The highest BCUT2D eigenvalue weighted by atomic mass is 79.9. The van der Waals surface area contributed by atoms with Crippen LogP contribution in [-0.4, -0.2) is 5.78 Å². The summed E-state index contributed by atoms with van der Waals surface area (Å²) in [5.41, 5.74) is 2.12. The number of rotatable bonds is 0. The van der Waals surface area contributed by atoms with Crippen LogP contribution in [0.1, 0.15) is 41.6 Å². The average Bonchev–Trinajstić information content (AvgIpc) is 2.12. The lowest BCUT2D eigenvalue weighted by Gasteiger charge is -2.21. The number of ketones is 1. The van der Waals surface area contributed by atoms with Crippen LogP contribution in [0.15, 0.2) is 22.7 Å². The van der Waals surface area contributed by atoms with Gasteiger partial charge in [-0.2, -0.15) is 0 Å². The van der Waals surface area contributed by atoms with Gasteiger partial charge in [0, 0.05) is 16.5 Å². The summed E-state index contributed by atoms with van der Waals surface area (Å²) < 4.78 is 0.994. The Morgan fingerprint density at radius 2 is 2.23 bits per heavy atom. The molecule has 1 atom stereocenters. The topological polar surface area (TPSA) is 17.1 Å². The third-order valence-electron chi connectivity index (χ3n) is 2.65. The van der Waals surface area contributed by atoms with Gasteiger partial charge in [0.25, 0.3) is 0 Å². The van der Waals surface area contributed by atoms with E-state index in [9.17, 15) is 4.79 Å². The standard InChI is InChI=1S/C11H11BrO/c1-7-2-5-11(13)10-6-8(12)3-4-9(7)10/h3-4,6-7H,2,5H2,1H3. The molecule has 0 radical (unpaired) electrons. The van der Waals surface area contributed by atoms with Crippen molar-refractivity contribution in [2.24, 2.45) is 0 Å². The molecule has 0 spiro atoms. The second kappa shape index (κ2) is 3.26. The molecule has 0 aliphatic heterocycles. The van der Waals surface area contributed by atoms with Gasteiger partial charge in [-0.3, -0.25) is 4.79 Å². The van der Waals surface area contributed by atoms with Crippen LogP contribution < -0.4 is 0 Å². The SMILES string of the molecule is CC1CCC(=O)c2cc(Br)ccc21. The number of carbonyl (C=O) groups excluding carboxylic acids is 1. The summed E-state index contributed by atoms with van der Waals surface area (Å²) in [7, 11) is 0. The molecule has 2 heteroatoms. The maximum absolute atomic E-state index is 11.6. The minimum Gasteiger partial charge on any atom is -0.294 e.